The van der Waals surface area contributed by atoms with Gasteiger partial charge in [-0.25, -0.2) is 12.7 Å². The molecule has 0 fully saturated rings. The number of hydrogen-bond acceptors (Lipinski definition) is 3. The fourth-order valence-electron chi connectivity index (χ4n) is 1.06. The SMILES string of the molecule is CCCS(=O)(=O)N(C)CCNC(C)C. The van der Waals surface area contributed by atoms with Gasteiger partial charge in [0, 0.05) is 26.2 Å². The third-order valence-electron chi connectivity index (χ3n) is 1.92. The van der Waals surface area contributed by atoms with Gasteiger partial charge in [-0.1, -0.05) is 20.8 Å². The van der Waals surface area contributed by atoms with E-state index in [0.717, 1.165) is 0 Å². The van der Waals surface area contributed by atoms with E-state index in [4.69, 9.17) is 0 Å². The molecule has 4 nitrogen and oxygen atoms in total. The van der Waals surface area contributed by atoms with E-state index in [-0.39, 0.29) is 5.75 Å². The molecule has 0 amide bonds. The van der Waals surface area contributed by atoms with Crippen molar-refractivity contribution in [2.45, 2.75) is 33.2 Å². The van der Waals surface area contributed by atoms with Gasteiger partial charge in [0.2, 0.25) is 10.0 Å². The first-order valence-electron chi connectivity index (χ1n) is 5.07. The van der Waals surface area contributed by atoms with Crippen LogP contribution in [0.15, 0.2) is 0 Å². The summed E-state index contributed by atoms with van der Waals surface area (Å²) >= 11 is 0. The quantitative estimate of drug-likeness (QED) is 0.688. The van der Waals surface area contributed by atoms with Gasteiger partial charge in [-0.2, -0.15) is 0 Å². The lowest BCUT2D eigenvalue weighted by Gasteiger charge is -2.17. The Morgan fingerprint density at radius 1 is 1.36 bits per heavy atom. The highest BCUT2D eigenvalue weighted by Crippen LogP contribution is 1.98. The zero-order valence-electron chi connectivity index (χ0n) is 9.58. The summed E-state index contributed by atoms with van der Waals surface area (Å²) in [7, 11) is -1.38. The monoisotopic (exact) mass is 222 g/mol. The number of hydrogen-bond donors (Lipinski definition) is 1. The normalized spacial score (nSPS) is 12.7. The van der Waals surface area contributed by atoms with Crippen LogP contribution in [0.4, 0.5) is 0 Å². The molecule has 0 aromatic rings. The molecule has 0 aliphatic carbocycles. The summed E-state index contributed by atoms with van der Waals surface area (Å²) in [4.78, 5) is 0. The average molecular weight is 222 g/mol. The maximum atomic E-state index is 11.5. The first-order valence-corrected chi connectivity index (χ1v) is 6.68. The van der Waals surface area contributed by atoms with Crippen LogP contribution in [0.2, 0.25) is 0 Å². The van der Waals surface area contributed by atoms with E-state index >= 15 is 0 Å². The van der Waals surface area contributed by atoms with Gasteiger partial charge < -0.3 is 5.32 Å². The fourth-order valence-corrected chi connectivity index (χ4v) is 2.26. The molecule has 0 spiro atoms. The van der Waals surface area contributed by atoms with Gasteiger partial charge in [-0.3, -0.25) is 0 Å². The van der Waals surface area contributed by atoms with E-state index in [1.165, 1.54) is 4.31 Å². The number of nitrogens with zero attached hydrogens (tertiary/aromatic N) is 1. The summed E-state index contributed by atoms with van der Waals surface area (Å²) in [5.41, 5.74) is 0. The minimum atomic E-state index is -3.01. The van der Waals surface area contributed by atoms with Crippen molar-refractivity contribution in [2.24, 2.45) is 0 Å². The second-order valence-electron chi connectivity index (χ2n) is 3.75. The van der Waals surface area contributed by atoms with E-state index in [1.54, 1.807) is 7.05 Å². The second-order valence-corrected chi connectivity index (χ2v) is 5.94. The van der Waals surface area contributed by atoms with Crippen molar-refractivity contribution in [1.29, 1.82) is 0 Å². The molecule has 0 aromatic heterocycles. The van der Waals surface area contributed by atoms with Crippen LogP contribution in [0.1, 0.15) is 27.2 Å². The minimum Gasteiger partial charge on any atom is -0.313 e. The minimum absolute atomic E-state index is 0.241. The second kappa shape index (κ2) is 6.37. The predicted molar refractivity (Wildman–Crippen MR) is 59.8 cm³/mol. The van der Waals surface area contributed by atoms with Crippen molar-refractivity contribution in [1.82, 2.24) is 9.62 Å². The highest BCUT2D eigenvalue weighted by Gasteiger charge is 2.15. The van der Waals surface area contributed by atoms with Crippen LogP contribution in [0.5, 0.6) is 0 Å². The molecular formula is C9H22N2O2S. The van der Waals surface area contributed by atoms with Gasteiger partial charge in [0.1, 0.15) is 0 Å². The summed E-state index contributed by atoms with van der Waals surface area (Å²) in [6.07, 6.45) is 0.671. The first-order chi connectivity index (χ1) is 6.40. The molecule has 0 aliphatic rings. The lowest BCUT2D eigenvalue weighted by molar-refractivity contribution is 0.447. The zero-order chi connectivity index (χ0) is 11.2. The van der Waals surface area contributed by atoms with Crippen molar-refractivity contribution in [3.05, 3.63) is 0 Å². The van der Waals surface area contributed by atoms with Crippen LogP contribution in [-0.2, 0) is 10.0 Å². The van der Waals surface area contributed by atoms with Crippen molar-refractivity contribution >= 4 is 10.0 Å². The molecule has 0 aliphatic heterocycles. The summed E-state index contributed by atoms with van der Waals surface area (Å²) in [6.45, 7) is 7.20. The number of rotatable bonds is 7. The fraction of sp³-hybridized carbons (Fsp3) is 1.00. The zero-order valence-corrected chi connectivity index (χ0v) is 10.4. The van der Waals surface area contributed by atoms with E-state index in [0.29, 0.717) is 25.6 Å². The summed E-state index contributed by atoms with van der Waals surface area (Å²) < 4.78 is 24.4. The van der Waals surface area contributed by atoms with E-state index < -0.39 is 10.0 Å². The predicted octanol–water partition coefficient (Wildman–Crippen LogP) is 0.656. The summed E-state index contributed by atoms with van der Waals surface area (Å²) in [6, 6.07) is 0.400. The standard InChI is InChI=1S/C9H22N2O2S/c1-5-8-14(12,13)11(4)7-6-10-9(2)3/h9-10H,5-8H2,1-4H3. The molecule has 0 heterocycles. The average Bonchev–Trinajstić information content (AvgIpc) is 2.03. The maximum absolute atomic E-state index is 11.5. The molecule has 0 aromatic carbocycles. The van der Waals surface area contributed by atoms with Crippen LogP contribution in [0.25, 0.3) is 0 Å². The van der Waals surface area contributed by atoms with Gasteiger partial charge in [-0.15, -0.1) is 0 Å². The molecule has 0 unspecified atom stereocenters. The number of nitrogens with one attached hydrogen (secondary N) is 1. The van der Waals surface area contributed by atoms with Crippen molar-refractivity contribution < 1.29 is 8.42 Å². The molecule has 0 atom stereocenters. The lowest BCUT2D eigenvalue weighted by Crippen LogP contribution is -2.37. The Morgan fingerprint density at radius 2 is 1.93 bits per heavy atom. The van der Waals surface area contributed by atoms with Crippen LogP contribution < -0.4 is 5.32 Å². The van der Waals surface area contributed by atoms with E-state index in [9.17, 15) is 8.42 Å². The molecule has 14 heavy (non-hydrogen) atoms. The van der Waals surface area contributed by atoms with Crippen LogP contribution in [0.3, 0.4) is 0 Å². The topological polar surface area (TPSA) is 49.4 Å². The van der Waals surface area contributed by atoms with E-state index in [1.807, 2.05) is 20.8 Å². The third kappa shape index (κ3) is 5.57. The van der Waals surface area contributed by atoms with E-state index in [2.05, 4.69) is 5.32 Å². The van der Waals surface area contributed by atoms with Gasteiger partial charge in [0.05, 0.1) is 5.75 Å². The number of sulfonamides is 1. The van der Waals surface area contributed by atoms with Crippen molar-refractivity contribution in [3.63, 3.8) is 0 Å². The molecule has 0 bridgehead atoms. The molecule has 86 valence electrons. The van der Waals surface area contributed by atoms with Gasteiger partial charge >= 0.3 is 0 Å². The number of likely N-dealkylation sites (N-methyl/N-ethyl adjacent to an activating group) is 1. The molecular weight excluding hydrogens is 200 g/mol. The Balaban J connectivity index is 3.89. The Hall–Kier alpha value is -0.130. The first kappa shape index (κ1) is 13.9. The molecule has 1 N–H and O–H groups in total. The smallest absolute Gasteiger partial charge is 0.213 e. The third-order valence-corrected chi connectivity index (χ3v) is 3.97. The Kier molecular flexibility index (Phi) is 6.31. The summed E-state index contributed by atoms with van der Waals surface area (Å²) in [5, 5.41) is 3.18. The highest BCUT2D eigenvalue weighted by molar-refractivity contribution is 7.89. The van der Waals surface area contributed by atoms with Crippen LogP contribution >= 0.6 is 0 Å². The van der Waals surface area contributed by atoms with Crippen LogP contribution in [-0.4, -0.2) is 44.7 Å². The maximum Gasteiger partial charge on any atom is 0.213 e. The lowest BCUT2D eigenvalue weighted by atomic mass is 10.4. The van der Waals surface area contributed by atoms with Crippen LogP contribution in [0, 0.1) is 0 Å². The Labute approximate surface area is 87.7 Å². The molecule has 0 radical (unpaired) electrons. The Morgan fingerprint density at radius 3 is 2.36 bits per heavy atom. The molecule has 0 saturated carbocycles. The van der Waals surface area contributed by atoms with Crippen molar-refractivity contribution in [3.8, 4) is 0 Å². The Bertz CT molecular complexity index is 237. The molecule has 5 heteroatoms. The van der Waals surface area contributed by atoms with Gasteiger partial charge in [0.15, 0.2) is 0 Å². The summed E-state index contributed by atoms with van der Waals surface area (Å²) in [5.74, 6) is 0.241. The molecule has 0 rings (SSSR count). The van der Waals surface area contributed by atoms with Gasteiger partial charge in [-0.05, 0) is 6.42 Å². The highest BCUT2D eigenvalue weighted by atomic mass is 32.2. The molecule has 0 saturated heterocycles. The van der Waals surface area contributed by atoms with Gasteiger partial charge in [0.25, 0.3) is 0 Å². The van der Waals surface area contributed by atoms with Crippen molar-refractivity contribution in [2.75, 3.05) is 25.9 Å². The largest absolute Gasteiger partial charge is 0.313 e.